The van der Waals surface area contributed by atoms with Gasteiger partial charge in [0.15, 0.2) is 5.82 Å². The molecular weight excluding hydrogens is 481 g/mol. The minimum Gasteiger partial charge on any atom is -0.465 e. The number of rotatable bonds is 5. The lowest BCUT2D eigenvalue weighted by Crippen LogP contribution is -2.26. The number of fused-ring (bicyclic) bond motifs is 1. The molecule has 1 fully saturated rings. The van der Waals surface area contributed by atoms with Gasteiger partial charge in [-0.1, -0.05) is 0 Å². The van der Waals surface area contributed by atoms with E-state index in [4.69, 9.17) is 0 Å². The highest BCUT2D eigenvalue weighted by Crippen LogP contribution is 2.35. The molecule has 13 heteroatoms. The molecule has 2 aromatic heterocycles. The molecule has 1 aliphatic heterocycles. The molecule has 0 radical (unpaired) electrons. The maximum atomic E-state index is 13.5. The fraction of sp³-hybridized carbons (Fsp3) is 0.348. The van der Waals surface area contributed by atoms with Crippen LogP contribution in [0.2, 0.25) is 0 Å². The number of alkyl halides is 3. The Morgan fingerprint density at radius 3 is 2.61 bits per heavy atom. The molecular formula is C23H23F3N6O4. The van der Waals surface area contributed by atoms with E-state index in [9.17, 15) is 32.7 Å². The van der Waals surface area contributed by atoms with Crippen molar-refractivity contribution in [1.29, 1.82) is 0 Å². The molecule has 10 nitrogen and oxygen atoms in total. The number of nitrogens with zero attached hydrogens (tertiary/aromatic N) is 3. The molecule has 2 unspecified atom stereocenters. The van der Waals surface area contributed by atoms with Gasteiger partial charge in [0.1, 0.15) is 0 Å². The van der Waals surface area contributed by atoms with Crippen LogP contribution in [-0.2, 0) is 11.0 Å². The Kier molecular flexibility index (Phi) is 6.57. The quantitative estimate of drug-likeness (QED) is 0.413. The minimum absolute atomic E-state index is 0.00374. The van der Waals surface area contributed by atoms with E-state index < -0.39 is 35.3 Å². The van der Waals surface area contributed by atoms with Crippen LogP contribution in [-0.4, -0.2) is 50.3 Å². The topological polar surface area (TPSA) is 140 Å². The molecule has 190 valence electrons. The van der Waals surface area contributed by atoms with E-state index in [2.05, 4.69) is 25.8 Å². The second-order valence-electron chi connectivity index (χ2n) is 8.66. The summed E-state index contributed by atoms with van der Waals surface area (Å²) in [7, 11) is 0. The first-order chi connectivity index (χ1) is 16.9. The van der Waals surface area contributed by atoms with Crippen molar-refractivity contribution >= 4 is 34.3 Å². The molecule has 0 aliphatic carbocycles. The highest BCUT2D eigenvalue weighted by molar-refractivity contribution is 5.91. The molecule has 3 heterocycles. The van der Waals surface area contributed by atoms with Crippen molar-refractivity contribution in [3.8, 4) is 0 Å². The van der Waals surface area contributed by atoms with Gasteiger partial charge in [0.05, 0.1) is 17.0 Å². The monoisotopic (exact) mass is 504 g/mol. The maximum Gasteiger partial charge on any atom is 0.416 e. The Labute approximate surface area is 202 Å². The second-order valence-corrected chi connectivity index (χ2v) is 8.66. The number of aromatic amines is 1. The van der Waals surface area contributed by atoms with E-state index >= 15 is 0 Å². The van der Waals surface area contributed by atoms with E-state index in [1.165, 1.54) is 24.1 Å². The number of nitrogens with one attached hydrogen (secondary N) is 3. The highest BCUT2D eigenvalue weighted by Gasteiger charge is 2.32. The summed E-state index contributed by atoms with van der Waals surface area (Å²) in [4.78, 5) is 40.6. The van der Waals surface area contributed by atoms with Gasteiger partial charge in [0.2, 0.25) is 5.91 Å². The van der Waals surface area contributed by atoms with E-state index in [1.807, 2.05) is 0 Å². The SMILES string of the molecule is CC(=O)Nc1cc(C(C)Nc2n[nH]c(=O)c3cnc(C4CCN(C(=O)O)C4)cc23)cc(C(F)(F)F)c1. The summed E-state index contributed by atoms with van der Waals surface area (Å²) in [6.07, 6.45) is -3.70. The molecule has 1 aromatic carbocycles. The third kappa shape index (κ3) is 5.24. The summed E-state index contributed by atoms with van der Waals surface area (Å²) in [6, 6.07) is 4.20. The van der Waals surface area contributed by atoms with Gasteiger partial charge in [-0.25, -0.2) is 9.89 Å². The molecule has 4 N–H and O–H groups in total. The number of carbonyl (C=O) groups excluding carboxylic acids is 1. The van der Waals surface area contributed by atoms with Gasteiger partial charge < -0.3 is 20.6 Å². The lowest BCUT2D eigenvalue weighted by atomic mass is 10.0. The Morgan fingerprint density at radius 1 is 1.22 bits per heavy atom. The second kappa shape index (κ2) is 9.47. The predicted molar refractivity (Wildman–Crippen MR) is 125 cm³/mol. The molecule has 4 rings (SSSR count). The van der Waals surface area contributed by atoms with Crippen molar-refractivity contribution in [3.05, 3.63) is 57.6 Å². The number of carbonyl (C=O) groups is 2. The van der Waals surface area contributed by atoms with Crippen molar-refractivity contribution in [3.63, 3.8) is 0 Å². The number of hydrogen-bond donors (Lipinski definition) is 4. The number of benzene rings is 1. The largest absolute Gasteiger partial charge is 0.465 e. The fourth-order valence-electron chi connectivity index (χ4n) is 4.21. The third-order valence-corrected chi connectivity index (χ3v) is 6.03. The first-order valence-corrected chi connectivity index (χ1v) is 11.0. The molecule has 2 atom stereocenters. The summed E-state index contributed by atoms with van der Waals surface area (Å²) in [5.74, 6) is -0.464. The standard InChI is InChI=1S/C23H23F3N6O4/c1-11(14-5-15(23(24,25)26)7-16(6-14)29-12(2)33)28-20-17-8-19(13-3-4-32(10-13)22(35)36)27-9-18(17)21(34)31-30-20/h5-9,11,13H,3-4,10H2,1-2H3,(H,28,30)(H,29,33)(H,31,34)(H,35,36). The minimum atomic E-state index is -4.63. The number of halogens is 3. The number of carboxylic acid groups (broad SMARTS) is 1. The molecule has 1 aliphatic rings. The van der Waals surface area contributed by atoms with Crippen molar-refractivity contribution in [2.45, 2.75) is 38.4 Å². The number of amides is 2. The Hall–Kier alpha value is -4.16. The van der Waals surface area contributed by atoms with Gasteiger partial charge in [-0.05, 0) is 43.2 Å². The lowest BCUT2D eigenvalue weighted by molar-refractivity contribution is -0.137. The summed E-state index contributed by atoms with van der Waals surface area (Å²) < 4.78 is 40.4. The van der Waals surface area contributed by atoms with Crippen LogP contribution in [0, 0.1) is 0 Å². The van der Waals surface area contributed by atoms with Gasteiger partial charge in [0.25, 0.3) is 5.56 Å². The molecule has 0 saturated carbocycles. The van der Waals surface area contributed by atoms with Crippen LogP contribution in [0.15, 0.2) is 35.3 Å². The molecule has 3 aromatic rings. The number of pyridine rings is 1. The normalized spacial score (nSPS) is 16.7. The van der Waals surface area contributed by atoms with Crippen molar-refractivity contribution < 1.29 is 27.9 Å². The zero-order valence-electron chi connectivity index (χ0n) is 19.3. The average Bonchev–Trinajstić information content (AvgIpc) is 3.30. The van der Waals surface area contributed by atoms with Crippen molar-refractivity contribution in [2.24, 2.45) is 0 Å². The highest BCUT2D eigenvalue weighted by atomic mass is 19.4. The fourth-order valence-corrected chi connectivity index (χ4v) is 4.21. The van der Waals surface area contributed by atoms with Crippen LogP contribution >= 0.6 is 0 Å². The zero-order valence-corrected chi connectivity index (χ0v) is 19.3. The van der Waals surface area contributed by atoms with E-state index in [0.29, 0.717) is 24.0 Å². The van der Waals surface area contributed by atoms with Crippen LogP contribution in [0.4, 0.5) is 29.5 Å². The summed E-state index contributed by atoms with van der Waals surface area (Å²) in [5.41, 5.74) is -0.602. The Balaban J connectivity index is 1.69. The van der Waals surface area contributed by atoms with E-state index in [1.54, 1.807) is 13.0 Å². The van der Waals surface area contributed by atoms with E-state index in [-0.39, 0.29) is 34.9 Å². The summed E-state index contributed by atoms with van der Waals surface area (Å²) in [6.45, 7) is 3.44. The van der Waals surface area contributed by atoms with Gasteiger partial charge in [0, 0.05) is 48.9 Å². The Morgan fingerprint density at radius 2 is 1.97 bits per heavy atom. The van der Waals surface area contributed by atoms with Crippen molar-refractivity contribution in [2.75, 3.05) is 23.7 Å². The molecule has 1 saturated heterocycles. The smallest absolute Gasteiger partial charge is 0.416 e. The number of aromatic nitrogens is 3. The number of hydrogen-bond acceptors (Lipinski definition) is 6. The number of H-pyrrole nitrogens is 1. The predicted octanol–water partition coefficient (Wildman–Crippen LogP) is 3.94. The van der Waals surface area contributed by atoms with Gasteiger partial charge in [-0.3, -0.25) is 14.6 Å². The van der Waals surface area contributed by atoms with Crippen LogP contribution < -0.4 is 16.2 Å². The first kappa shape index (κ1) is 24.9. The van der Waals surface area contributed by atoms with Crippen LogP contribution in [0.3, 0.4) is 0 Å². The summed E-state index contributed by atoms with van der Waals surface area (Å²) in [5, 5.41) is 21.7. The molecule has 0 bridgehead atoms. The first-order valence-electron chi connectivity index (χ1n) is 11.0. The van der Waals surface area contributed by atoms with Crippen molar-refractivity contribution in [1.82, 2.24) is 20.1 Å². The maximum absolute atomic E-state index is 13.5. The van der Waals surface area contributed by atoms with Gasteiger partial charge >= 0.3 is 12.3 Å². The number of likely N-dealkylation sites (tertiary alicyclic amines) is 1. The van der Waals surface area contributed by atoms with Gasteiger partial charge in [-0.15, -0.1) is 0 Å². The third-order valence-electron chi connectivity index (χ3n) is 6.03. The molecule has 36 heavy (non-hydrogen) atoms. The number of anilines is 2. The molecule has 2 amide bonds. The zero-order chi connectivity index (χ0) is 26.2. The Bertz CT molecular complexity index is 1390. The molecule has 0 spiro atoms. The lowest BCUT2D eigenvalue weighted by Gasteiger charge is -2.19. The van der Waals surface area contributed by atoms with E-state index in [0.717, 1.165) is 12.1 Å². The average molecular weight is 504 g/mol. The van der Waals surface area contributed by atoms with Crippen LogP contribution in [0.1, 0.15) is 49.0 Å². The van der Waals surface area contributed by atoms with Crippen LogP contribution in [0.25, 0.3) is 10.8 Å². The van der Waals surface area contributed by atoms with Crippen LogP contribution in [0.5, 0.6) is 0 Å². The van der Waals surface area contributed by atoms with Gasteiger partial charge in [-0.2, -0.15) is 18.3 Å². The summed E-state index contributed by atoms with van der Waals surface area (Å²) >= 11 is 0.